The highest BCUT2D eigenvalue weighted by Gasteiger charge is 2.19. The molecule has 2 rings (SSSR count). The van der Waals surface area contributed by atoms with Gasteiger partial charge in [-0.25, -0.2) is 0 Å². The summed E-state index contributed by atoms with van der Waals surface area (Å²) in [6, 6.07) is 21.8. The summed E-state index contributed by atoms with van der Waals surface area (Å²) in [5, 5.41) is 2.94. The van der Waals surface area contributed by atoms with Crippen LogP contribution in [0.2, 0.25) is 0 Å². The zero-order valence-corrected chi connectivity index (χ0v) is 11.9. The van der Waals surface area contributed by atoms with Crippen LogP contribution in [-0.2, 0) is 0 Å². The van der Waals surface area contributed by atoms with Crippen LogP contribution in [0.3, 0.4) is 0 Å². The average molecular weight is 260 g/mol. The van der Waals surface area contributed by atoms with E-state index in [1.807, 2.05) is 11.8 Å². The van der Waals surface area contributed by atoms with Crippen molar-refractivity contribution in [3.05, 3.63) is 60.7 Å². The Kier molecular flexibility index (Phi) is 4.65. The molecule has 0 bridgehead atoms. The van der Waals surface area contributed by atoms with Crippen LogP contribution in [0.4, 0.5) is 0 Å². The minimum Gasteiger partial charge on any atom is -0.157 e. The van der Waals surface area contributed by atoms with E-state index in [-0.39, 0.29) is 7.92 Å². The Morgan fingerprint density at radius 2 is 1.24 bits per heavy atom. The third-order valence-corrected chi connectivity index (χ3v) is 7.16. The quantitative estimate of drug-likeness (QED) is 0.753. The molecule has 1 unspecified atom stereocenters. The molecule has 0 amide bonds. The number of thioether (sulfide) groups is 1. The summed E-state index contributed by atoms with van der Waals surface area (Å²) in [6.07, 6.45) is 2.20. The average Bonchev–Trinajstić information content (AvgIpc) is 2.41. The third-order valence-electron chi connectivity index (χ3n) is 2.77. The second-order valence-electron chi connectivity index (χ2n) is 3.88. The van der Waals surface area contributed by atoms with E-state index in [1.54, 1.807) is 0 Å². The summed E-state index contributed by atoms with van der Waals surface area (Å²) >= 11 is 1.95. The molecule has 17 heavy (non-hydrogen) atoms. The molecule has 0 nitrogen and oxygen atoms in total. The summed E-state index contributed by atoms with van der Waals surface area (Å²) < 4.78 is 0. The maximum atomic E-state index is 2.33. The van der Waals surface area contributed by atoms with E-state index < -0.39 is 0 Å². The Bertz CT molecular complexity index is 401. The van der Waals surface area contributed by atoms with Gasteiger partial charge in [-0.3, -0.25) is 0 Å². The molecular weight excluding hydrogens is 243 g/mol. The molecule has 88 valence electrons. The van der Waals surface area contributed by atoms with Crippen LogP contribution in [0.5, 0.6) is 0 Å². The first-order valence-corrected chi connectivity index (χ1v) is 8.45. The predicted molar refractivity (Wildman–Crippen MR) is 82.0 cm³/mol. The molecule has 0 spiro atoms. The van der Waals surface area contributed by atoms with Crippen LogP contribution >= 0.6 is 19.7 Å². The topological polar surface area (TPSA) is 0 Å². The molecule has 1 atom stereocenters. The summed E-state index contributed by atoms with van der Waals surface area (Å²) in [6.45, 7) is 2.33. The number of hydrogen-bond donors (Lipinski definition) is 0. The Balaban J connectivity index is 2.39. The number of benzene rings is 2. The molecule has 0 N–H and O–H groups in total. The second kappa shape index (κ2) is 6.23. The first-order valence-electron chi connectivity index (χ1n) is 5.75. The minimum absolute atomic E-state index is 0.249. The van der Waals surface area contributed by atoms with Crippen molar-refractivity contribution >= 4 is 30.3 Å². The van der Waals surface area contributed by atoms with Crippen LogP contribution in [0.1, 0.15) is 6.92 Å². The van der Waals surface area contributed by atoms with E-state index in [4.69, 9.17) is 0 Å². The second-order valence-corrected chi connectivity index (χ2v) is 7.95. The van der Waals surface area contributed by atoms with Crippen molar-refractivity contribution in [2.75, 3.05) is 6.26 Å². The third kappa shape index (κ3) is 3.12. The molecule has 0 fully saturated rings. The summed E-state index contributed by atoms with van der Waals surface area (Å²) in [7, 11) is -0.249. The highest BCUT2D eigenvalue weighted by Crippen LogP contribution is 2.43. The molecule has 0 aliphatic carbocycles. The molecule has 2 aromatic rings. The highest BCUT2D eigenvalue weighted by atomic mass is 32.2. The van der Waals surface area contributed by atoms with Crippen LogP contribution in [0, 0.1) is 0 Å². The summed E-state index contributed by atoms with van der Waals surface area (Å²) in [5.74, 6) is 0. The zero-order valence-electron chi connectivity index (χ0n) is 10.2. The van der Waals surface area contributed by atoms with Gasteiger partial charge in [0.1, 0.15) is 0 Å². The Morgan fingerprint density at radius 3 is 1.59 bits per heavy atom. The molecule has 0 saturated carbocycles. The van der Waals surface area contributed by atoms with Crippen LogP contribution in [0.15, 0.2) is 60.7 Å². The van der Waals surface area contributed by atoms with Crippen LogP contribution < -0.4 is 10.6 Å². The number of rotatable bonds is 4. The van der Waals surface area contributed by atoms with Gasteiger partial charge in [-0.2, -0.15) is 11.8 Å². The predicted octanol–water partition coefficient (Wildman–Crippen LogP) is 3.83. The van der Waals surface area contributed by atoms with E-state index in [0.717, 1.165) is 0 Å². The lowest BCUT2D eigenvalue weighted by atomic mass is 10.4. The Hall–Kier alpha value is -0.780. The number of hydrogen-bond acceptors (Lipinski definition) is 1. The molecule has 0 radical (unpaired) electrons. The van der Waals surface area contributed by atoms with Gasteiger partial charge in [-0.15, -0.1) is 0 Å². The van der Waals surface area contributed by atoms with Crippen molar-refractivity contribution in [2.45, 2.75) is 11.9 Å². The first-order chi connectivity index (χ1) is 8.33. The fourth-order valence-electron chi connectivity index (χ4n) is 1.85. The lowest BCUT2D eigenvalue weighted by molar-refractivity contribution is 1.41. The first kappa shape index (κ1) is 12.7. The molecule has 0 aliphatic heterocycles. The molecular formula is C15H17PS. The van der Waals surface area contributed by atoms with Crippen molar-refractivity contribution < 1.29 is 0 Å². The highest BCUT2D eigenvalue weighted by molar-refractivity contribution is 8.07. The van der Waals surface area contributed by atoms with Gasteiger partial charge in [0.2, 0.25) is 0 Å². The lowest BCUT2D eigenvalue weighted by Crippen LogP contribution is -2.17. The van der Waals surface area contributed by atoms with Crippen LogP contribution in [-0.4, -0.2) is 11.2 Å². The van der Waals surface area contributed by atoms with Crippen molar-refractivity contribution in [3.8, 4) is 0 Å². The lowest BCUT2D eigenvalue weighted by Gasteiger charge is -2.24. The van der Waals surface area contributed by atoms with Crippen molar-refractivity contribution in [1.29, 1.82) is 0 Å². The minimum atomic E-state index is -0.249. The van der Waals surface area contributed by atoms with E-state index in [0.29, 0.717) is 4.99 Å². The largest absolute Gasteiger partial charge is 0.157 e. The maximum Gasteiger partial charge on any atom is 0.0298 e. The van der Waals surface area contributed by atoms with Gasteiger partial charge in [0.15, 0.2) is 0 Å². The summed E-state index contributed by atoms with van der Waals surface area (Å²) in [5.41, 5.74) is 0. The standard InChI is InChI=1S/C15H17PS/c1-13(17-2)16(14-9-5-3-6-10-14)15-11-7-4-8-12-15/h3-13H,1-2H3. The molecule has 0 saturated heterocycles. The van der Waals surface area contributed by atoms with Crippen molar-refractivity contribution in [3.63, 3.8) is 0 Å². The normalized spacial score (nSPS) is 12.6. The van der Waals surface area contributed by atoms with Crippen molar-refractivity contribution in [1.82, 2.24) is 0 Å². The van der Waals surface area contributed by atoms with Gasteiger partial charge in [0.05, 0.1) is 0 Å². The van der Waals surface area contributed by atoms with Gasteiger partial charge < -0.3 is 0 Å². The van der Waals surface area contributed by atoms with Crippen molar-refractivity contribution in [2.24, 2.45) is 0 Å². The van der Waals surface area contributed by atoms with E-state index in [9.17, 15) is 0 Å². The molecule has 0 aliphatic rings. The van der Waals surface area contributed by atoms with E-state index in [2.05, 4.69) is 73.8 Å². The maximum absolute atomic E-state index is 2.33. The van der Waals surface area contributed by atoms with Gasteiger partial charge in [0, 0.05) is 4.99 Å². The smallest absolute Gasteiger partial charge is 0.0298 e. The summed E-state index contributed by atoms with van der Waals surface area (Å²) in [4.78, 5) is 0.648. The zero-order chi connectivity index (χ0) is 12.1. The fourth-order valence-corrected chi connectivity index (χ4v) is 5.55. The Morgan fingerprint density at radius 1 is 0.824 bits per heavy atom. The van der Waals surface area contributed by atoms with Gasteiger partial charge in [-0.1, -0.05) is 60.7 Å². The molecule has 0 heterocycles. The van der Waals surface area contributed by atoms with Crippen LogP contribution in [0.25, 0.3) is 0 Å². The van der Waals surface area contributed by atoms with E-state index in [1.165, 1.54) is 10.6 Å². The van der Waals surface area contributed by atoms with E-state index >= 15 is 0 Å². The Labute approximate surface area is 109 Å². The van der Waals surface area contributed by atoms with Gasteiger partial charge >= 0.3 is 0 Å². The molecule has 2 aromatic carbocycles. The molecule has 2 heteroatoms. The monoisotopic (exact) mass is 260 g/mol. The van der Waals surface area contributed by atoms with Gasteiger partial charge in [0.25, 0.3) is 0 Å². The molecule has 0 aromatic heterocycles. The fraction of sp³-hybridized carbons (Fsp3) is 0.200. The SMILES string of the molecule is CSC(C)P(c1ccccc1)c1ccccc1. The van der Waals surface area contributed by atoms with Gasteiger partial charge in [-0.05, 0) is 31.7 Å².